The van der Waals surface area contributed by atoms with Gasteiger partial charge in [0.1, 0.15) is 6.61 Å². The van der Waals surface area contributed by atoms with Gasteiger partial charge in [0, 0.05) is 13.0 Å². The Bertz CT molecular complexity index is 1040. The van der Waals surface area contributed by atoms with Gasteiger partial charge < -0.3 is 14.2 Å². The molecular formula is C55H98O5. The second-order valence-corrected chi connectivity index (χ2v) is 17.1. The molecule has 348 valence electrons. The summed E-state index contributed by atoms with van der Waals surface area (Å²) in [5.74, 6) is -0.534. The predicted molar refractivity (Wildman–Crippen MR) is 261 cm³/mol. The molecule has 5 heteroatoms. The van der Waals surface area contributed by atoms with Crippen molar-refractivity contribution < 1.29 is 23.8 Å². The molecule has 0 rings (SSSR count). The standard InChI is InChI=1S/C55H98O5/c1-4-7-10-13-16-19-22-24-26-27-28-30-32-35-38-41-44-47-50-58-51-53(60-55(57)49-46-43-40-37-33-21-18-15-12-9-6-3)52-59-54(56)48-45-42-39-36-34-31-29-25-23-20-17-14-11-8-5-2/h8,11,17,20,25,29,34,36,42,45,53H,4-7,9-10,12-16,18-19,21-24,26-28,30-33,35,37-41,43-44,46-52H2,1-3H3/b11-8-,20-17-,29-25-,36-34-,45-42-. The van der Waals surface area contributed by atoms with E-state index in [1.54, 1.807) is 0 Å². The fourth-order valence-corrected chi connectivity index (χ4v) is 7.29. The first-order valence-corrected chi connectivity index (χ1v) is 25.8. The first-order valence-electron chi connectivity index (χ1n) is 25.8. The van der Waals surface area contributed by atoms with Gasteiger partial charge in [0.15, 0.2) is 6.10 Å². The van der Waals surface area contributed by atoms with Crippen LogP contribution in [0.1, 0.15) is 252 Å². The van der Waals surface area contributed by atoms with Gasteiger partial charge in [-0.2, -0.15) is 0 Å². The van der Waals surface area contributed by atoms with E-state index in [1.807, 2.05) is 12.2 Å². The number of ether oxygens (including phenoxy) is 3. The fourth-order valence-electron chi connectivity index (χ4n) is 7.29. The lowest BCUT2D eigenvalue weighted by Crippen LogP contribution is -2.30. The Morgan fingerprint density at radius 2 is 0.733 bits per heavy atom. The molecule has 0 aliphatic rings. The summed E-state index contributed by atoms with van der Waals surface area (Å²) in [6.45, 7) is 7.64. The second-order valence-electron chi connectivity index (χ2n) is 17.1. The van der Waals surface area contributed by atoms with Gasteiger partial charge in [0.25, 0.3) is 0 Å². The minimum Gasteiger partial charge on any atom is -0.461 e. The van der Waals surface area contributed by atoms with Crippen molar-refractivity contribution >= 4 is 11.9 Å². The summed E-state index contributed by atoms with van der Waals surface area (Å²) in [6, 6.07) is 0. The molecular weight excluding hydrogens is 741 g/mol. The minimum atomic E-state index is -0.571. The molecule has 0 bridgehead atoms. The Hall–Kier alpha value is -2.40. The molecule has 60 heavy (non-hydrogen) atoms. The van der Waals surface area contributed by atoms with Crippen molar-refractivity contribution in [2.24, 2.45) is 0 Å². The van der Waals surface area contributed by atoms with Crippen LogP contribution in [-0.4, -0.2) is 37.9 Å². The Morgan fingerprint density at radius 3 is 1.13 bits per heavy atom. The maximum atomic E-state index is 12.8. The van der Waals surface area contributed by atoms with Crippen molar-refractivity contribution in [2.75, 3.05) is 19.8 Å². The van der Waals surface area contributed by atoms with Crippen LogP contribution in [0, 0.1) is 0 Å². The van der Waals surface area contributed by atoms with Crippen LogP contribution in [0.3, 0.4) is 0 Å². The van der Waals surface area contributed by atoms with Crippen LogP contribution in [0.2, 0.25) is 0 Å². The number of unbranched alkanes of at least 4 members (excludes halogenated alkanes) is 27. The summed E-state index contributed by atoms with van der Waals surface area (Å²) < 4.78 is 17.3. The molecule has 0 amide bonds. The van der Waals surface area contributed by atoms with Gasteiger partial charge in [0.05, 0.1) is 13.0 Å². The Labute approximate surface area is 373 Å². The molecule has 0 aliphatic heterocycles. The quantitative estimate of drug-likeness (QED) is 0.0347. The summed E-state index contributed by atoms with van der Waals surface area (Å²) in [4.78, 5) is 25.3. The predicted octanol–water partition coefficient (Wildman–Crippen LogP) is 17.3. The van der Waals surface area contributed by atoms with Gasteiger partial charge in [-0.3, -0.25) is 9.59 Å². The molecule has 0 heterocycles. The highest BCUT2D eigenvalue weighted by Gasteiger charge is 2.17. The first kappa shape index (κ1) is 57.6. The van der Waals surface area contributed by atoms with E-state index in [0.29, 0.717) is 13.0 Å². The van der Waals surface area contributed by atoms with Gasteiger partial charge in [-0.15, -0.1) is 0 Å². The molecule has 0 spiro atoms. The lowest BCUT2D eigenvalue weighted by Gasteiger charge is -2.18. The third kappa shape index (κ3) is 48.3. The number of carbonyl (C=O) groups excluding carboxylic acids is 2. The zero-order chi connectivity index (χ0) is 43.5. The number of carbonyl (C=O) groups is 2. The van der Waals surface area contributed by atoms with Crippen LogP contribution in [0.25, 0.3) is 0 Å². The van der Waals surface area contributed by atoms with Crippen LogP contribution >= 0.6 is 0 Å². The van der Waals surface area contributed by atoms with Gasteiger partial charge in [-0.25, -0.2) is 0 Å². The third-order valence-corrected chi connectivity index (χ3v) is 11.1. The monoisotopic (exact) mass is 839 g/mol. The highest BCUT2D eigenvalue weighted by molar-refractivity contribution is 5.71. The normalized spacial score (nSPS) is 12.7. The summed E-state index contributed by atoms with van der Waals surface area (Å²) in [5, 5.41) is 0. The average molecular weight is 839 g/mol. The van der Waals surface area contributed by atoms with E-state index in [1.165, 1.54) is 161 Å². The molecule has 1 unspecified atom stereocenters. The van der Waals surface area contributed by atoms with E-state index in [-0.39, 0.29) is 31.6 Å². The van der Waals surface area contributed by atoms with Crippen LogP contribution in [0.15, 0.2) is 60.8 Å². The lowest BCUT2D eigenvalue weighted by atomic mass is 10.0. The SMILES string of the molecule is CC/C=C\C/C=C\C/C=C\C/C=C\C/C=C\CC(=O)OCC(COCCCCCCCCCCCCCCCCCCCC)OC(=O)CCCCCCCCCCCCC. The summed E-state index contributed by atoms with van der Waals surface area (Å²) in [6.07, 6.45) is 64.0. The molecule has 0 aromatic rings. The Balaban J connectivity index is 4.30. The van der Waals surface area contributed by atoms with Crippen LogP contribution < -0.4 is 0 Å². The number of allylic oxidation sites excluding steroid dienone is 9. The Kier molecular flexibility index (Phi) is 48.9. The van der Waals surface area contributed by atoms with Gasteiger partial charge in [0.2, 0.25) is 0 Å². The van der Waals surface area contributed by atoms with Crippen molar-refractivity contribution in [3.05, 3.63) is 60.8 Å². The van der Waals surface area contributed by atoms with Crippen molar-refractivity contribution in [1.29, 1.82) is 0 Å². The van der Waals surface area contributed by atoms with E-state index in [4.69, 9.17) is 14.2 Å². The van der Waals surface area contributed by atoms with Crippen LogP contribution in [0.4, 0.5) is 0 Å². The molecule has 0 saturated carbocycles. The minimum absolute atomic E-state index is 0.0344. The van der Waals surface area contributed by atoms with E-state index >= 15 is 0 Å². The van der Waals surface area contributed by atoms with E-state index in [9.17, 15) is 9.59 Å². The number of esters is 2. The molecule has 0 fully saturated rings. The molecule has 0 saturated heterocycles. The second kappa shape index (κ2) is 51.0. The molecule has 0 aliphatic carbocycles. The molecule has 0 N–H and O–H groups in total. The summed E-state index contributed by atoms with van der Waals surface area (Å²) in [5.41, 5.74) is 0. The number of hydrogen-bond acceptors (Lipinski definition) is 5. The van der Waals surface area contributed by atoms with Crippen LogP contribution in [-0.2, 0) is 23.8 Å². The highest BCUT2D eigenvalue weighted by Crippen LogP contribution is 2.16. The Morgan fingerprint density at radius 1 is 0.383 bits per heavy atom. The maximum absolute atomic E-state index is 12.8. The van der Waals surface area contributed by atoms with Gasteiger partial charge in [-0.05, 0) is 44.9 Å². The number of rotatable bonds is 47. The maximum Gasteiger partial charge on any atom is 0.309 e. The molecule has 5 nitrogen and oxygen atoms in total. The van der Waals surface area contributed by atoms with Crippen LogP contribution in [0.5, 0.6) is 0 Å². The van der Waals surface area contributed by atoms with Crippen molar-refractivity contribution in [3.63, 3.8) is 0 Å². The number of hydrogen-bond donors (Lipinski definition) is 0. The average Bonchev–Trinajstić information content (AvgIpc) is 3.25. The van der Waals surface area contributed by atoms with E-state index < -0.39 is 6.10 Å². The highest BCUT2D eigenvalue weighted by atomic mass is 16.6. The largest absolute Gasteiger partial charge is 0.461 e. The topological polar surface area (TPSA) is 61.8 Å². The van der Waals surface area contributed by atoms with Gasteiger partial charge in [-0.1, -0.05) is 255 Å². The zero-order valence-electron chi connectivity index (χ0n) is 40.0. The summed E-state index contributed by atoms with van der Waals surface area (Å²) >= 11 is 0. The summed E-state index contributed by atoms with van der Waals surface area (Å²) in [7, 11) is 0. The lowest BCUT2D eigenvalue weighted by molar-refractivity contribution is -0.162. The van der Waals surface area contributed by atoms with Crippen molar-refractivity contribution in [2.45, 2.75) is 258 Å². The first-order chi connectivity index (χ1) is 29.6. The fraction of sp³-hybridized carbons (Fsp3) is 0.782. The van der Waals surface area contributed by atoms with E-state index in [0.717, 1.165) is 57.8 Å². The molecule has 0 aromatic carbocycles. The van der Waals surface area contributed by atoms with Crippen molar-refractivity contribution in [1.82, 2.24) is 0 Å². The third-order valence-electron chi connectivity index (χ3n) is 11.1. The molecule has 0 radical (unpaired) electrons. The van der Waals surface area contributed by atoms with Crippen molar-refractivity contribution in [3.8, 4) is 0 Å². The molecule has 0 aromatic heterocycles. The smallest absolute Gasteiger partial charge is 0.309 e. The van der Waals surface area contributed by atoms with E-state index in [2.05, 4.69) is 69.4 Å². The molecule has 1 atom stereocenters. The zero-order valence-corrected chi connectivity index (χ0v) is 40.0. The van der Waals surface area contributed by atoms with Gasteiger partial charge >= 0.3 is 11.9 Å².